The highest BCUT2D eigenvalue weighted by Crippen LogP contribution is 2.03. The Morgan fingerprint density at radius 1 is 1.44 bits per heavy atom. The molecule has 1 amide bonds. The Morgan fingerprint density at radius 3 is 2.89 bits per heavy atom. The van der Waals surface area contributed by atoms with Crippen LogP contribution >= 0.6 is 0 Å². The van der Waals surface area contributed by atoms with Gasteiger partial charge >= 0.3 is 0 Å². The quantitative estimate of drug-likeness (QED) is 0.795. The number of nitrogens with two attached hydrogens (primary N) is 1. The lowest BCUT2D eigenvalue weighted by molar-refractivity contribution is 0.0931. The molecule has 0 saturated heterocycles. The number of rotatable bonds is 4. The maximum absolute atomic E-state index is 11.9. The van der Waals surface area contributed by atoms with Crippen molar-refractivity contribution in [2.75, 3.05) is 5.73 Å². The third-order valence-electron chi connectivity index (χ3n) is 2.34. The summed E-state index contributed by atoms with van der Waals surface area (Å²) in [6.45, 7) is 2.46. The van der Waals surface area contributed by atoms with Gasteiger partial charge in [-0.3, -0.25) is 9.48 Å². The monoisotopic (exact) mass is 246 g/mol. The first-order valence-corrected chi connectivity index (χ1v) is 5.51. The highest BCUT2D eigenvalue weighted by molar-refractivity contribution is 5.96. The predicted octanol–water partition coefficient (Wildman–Crippen LogP) is 0.0738. The molecule has 0 aliphatic carbocycles. The van der Waals surface area contributed by atoms with Crippen LogP contribution in [-0.4, -0.2) is 31.7 Å². The van der Waals surface area contributed by atoms with Crippen LogP contribution in [0, 0.1) is 0 Å². The lowest BCUT2D eigenvalue weighted by atomic mass is 10.3. The number of hydrogen-bond donors (Lipinski definition) is 2. The lowest BCUT2D eigenvalue weighted by Crippen LogP contribution is -2.36. The van der Waals surface area contributed by atoms with Gasteiger partial charge in [-0.2, -0.15) is 5.10 Å². The molecule has 0 aromatic carbocycles. The van der Waals surface area contributed by atoms with Crippen LogP contribution in [0.4, 0.5) is 5.82 Å². The Hall–Kier alpha value is -2.44. The molecule has 0 radical (unpaired) electrons. The molecule has 1 atom stereocenters. The molecule has 2 aromatic heterocycles. The molecule has 7 heteroatoms. The zero-order valence-electron chi connectivity index (χ0n) is 9.95. The zero-order valence-corrected chi connectivity index (χ0v) is 9.95. The highest BCUT2D eigenvalue weighted by atomic mass is 16.2. The second kappa shape index (κ2) is 5.26. The minimum atomic E-state index is -0.333. The number of amides is 1. The number of aromatic nitrogens is 4. The van der Waals surface area contributed by atoms with Crippen LogP contribution in [0.25, 0.3) is 0 Å². The average molecular weight is 246 g/mol. The fourth-order valence-corrected chi connectivity index (χ4v) is 1.55. The van der Waals surface area contributed by atoms with Crippen molar-refractivity contribution in [3.63, 3.8) is 0 Å². The predicted molar refractivity (Wildman–Crippen MR) is 65.6 cm³/mol. The van der Waals surface area contributed by atoms with Crippen LogP contribution in [0.1, 0.15) is 17.4 Å². The van der Waals surface area contributed by atoms with Crippen molar-refractivity contribution >= 4 is 11.7 Å². The molecule has 18 heavy (non-hydrogen) atoms. The van der Waals surface area contributed by atoms with Gasteiger partial charge < -0.3 is 11.1 Å². The second-order valence-electron chi connectivity index (χ2n) is 3.89. The molecule has 2 aromatic rings. The van der Waals surface area contributed by atoms with E-state index in [1.807, 2.05) is 19.2 Å². The van der Waals surface area contributed by atoms with Gasteiger partial charge in [-0.05, 0) is 13.0 Å². The Balaban J connectivity index is 1.97. The summed E-state index contributed by atoms with van der Waals surface area (Å²) in [6, 6.07) is 1.74. The number of nitrogens with zero attached hydrogens (tertiary/aromatic N) is 4. The van der Waals surface area contributed by atoms with E-state index in [1.54, 1.807) is 10.9 Å². The fourth-order valence-electron chi connectivity index (χ4n) is 1.55. The number of nitrogen functional groups attached to an aromatic ring is 1. The summed E-state index contributed by atoms with van der Waals surface area (Å²) in [6.07, 6.45) is 6.40. The van der Waals surface area contributed by atoms with E-state index < -0.39 is 0 Å². The summed E-state index contributed by atoms with van der Waals surface area (Å²) < 4.78 is 1.74. The SMILES string of the molecule is C[C@H](Cn1cccn1)NC(=O)c1nccnc1N. The minimum absolute atomic E-state index is 0.0844. The largest absolute Gasteiger partial charge is 0.382 e. The lowest BCUT2D eigenvalue weighted by Gasteiger charge is -2.13. The molecule has 0 saturated carbocycles. The van der Waals surface area contributed by atoms with Crippen molar-refractivity contribution in [1.29, 1.82) is 0 Å². The molecule has 94 valence electrons. The first-order chi connectivity index (χ1) is 8.66. The molecule has 0 bridgehead atoms. The molecular formula is C11H14N6O. The van der Waals surface area contributed by atoms with Gasteiger partial charge in [0.05, 0.1) is 6.54 Å². The molecular weight excluding hydrogens is 232 g/mol. The van der Waals surface area contributed by atoms with Gasteiger partial charge in [-0.1, -0.05) is 0 Å². The molecule has 2 heterocycles. The first-order valence-electron chi connectivity index (χ1n) is 5.51. The molecule has 3 N–H and O–H groups in total. The summed E-state index contributed by atoms with van der Waals surface area (Å²) in [5.41, 5.74) is 5.72. The number of hydrogen-bond acceptors (Lipinski definition) is 5. The average Bonchev–Trinajstić information content (AvgIpc) is 2.82. The van der Waals surface area contributed by atoms with Crippen LogP contribution in [0.5, 0.6) is 0 Å². The van der Waals surface area contributed by atoms with Gasteiger partial charge in [0.1, 0.15) is 0 Å². The van der Waals surface area contributed by atoms with Gasteiger partial charge in [0.2, 0.25) is 0 Å². The van der Waals surface area contributed by atoms with E-state index in [1.165, 1.54) is 12.4 Å². The highest BCUT2D eigenvalue weighted by Gasteiger charge is 2.14. The molecule has 0 fully saturated rings. The van der Waals surface area contributed by atoms with E-state index in [0.29, 0.717) is 6.54 Å². The van der Waals surface area contributed by atoms with Crippen LogP contribution in [0.15, 0.2) is 30.9 Å². The summed E-state index contributed by atoms with van der Waals surface area (Å²) in [5.74, 6) is -0.207. The Bertz CT molecular complexity index is 524. The van der Waals surface area contributed by atoms with Gasteiger partial charge in [0, 0.05) is 30.8 Å². The minimum Gasteiger partial charge on any atom is -0.382 e. The van der Waals surface area contributed by atoms with Crippen molar-refractivity contribution in [2.45, 2.75) is 19.5 Å². The van der Waals surface area contributed by atoms with E-state index in [4.69, 9.17) is 5.73 Å². The summed E-state index contributed by atoms with van der Waals surface area (Å²) in [4.78, 5) is 19.6. The Kier molecular flexibility index (Phi) is 3.52. The standard InChI is InChI=1S/C11H14N6O/c1-8(7-17-6-2-3-15-17)16-11(18)9-10(12)14-5-4-13-9/h2-6,8H,7H2,1H3,(H2,12,14)(H,16,18)/t8-/m1/s1. The van der Waals surface area contributed by atoms with E-state index >= 15 is 0 Å². The van der Waals surface area contributed by atoms with Crippen LogP contribution in [-0.2, 0) is 6.54 Å². The van der Waals surface area contributed by atoms with Crippen molar-refractivity contribution < 1.29 is 4.79 Å². The van der Waals surface area contributed by atoms with Gasteiger partial charge in [0.15, 0.2) is 11.5 Å². The van der Waals surface area contributed by atoms with Crippen LogP contribution in [0.3, 0.4) is 0 Å². The van der Waals surface area contributed by atoms with Crippen molar-refractivity contribution in [1.82, 2.24) is 25.1 Å². The van der Waals surface area contributed by atoms with E-state index in [2.05, 4.69) is 20.4 Å². The van der Waals surface area contributed by atoms with Crippen molar-refractivity contribution in [3.05, 3.63) is 36.5 Å². The topological polar surface area (TPSA) is 98.7 Å². The van der Waals surface area contributed by atoms with Crippen LogP contribution < -0.4 is 11.1 Å². The first kappa shape index (κ1) is 12.0. The maximum atomic E-state index is 11.9. The number of nitrogens with one attached hydrogen (secondary N) is 1. The molecule has 0 spiro atoms. The smallest absolute Gasteiger partial charge is 0.273 e. The van der Waals surface area contributed by atoms with Crippen molar-refractivity contribution in [2.24, 2.45) is 0 Å². The number of anilines is 1. The number of carbonyl (C=O) groups excluding carboxylic acids is 1. The third-order valence-corrected chi connectivity index (χ3v) is 2.34. The van der Waals surface area contributed by atoms with E-state index in [9.17, 15) is 4.79 Å². The molecule has 0 unspecified atom stereocenters. The second-order valence-corrected chi connectivity index (χ2v) is 3.89. The number of carbonyl (C=O) groups is 1. The van der Waals surface area contributed by atoms with Gasteiger partial charge in [-0.25, -0.2) is 9.97 Å². The molecule has 7 nitrogen and oxygen atoms in total. The summed E-state index contributed by atoms with van der Waals surface area (Å²) in [7, 11) is 0. The van der Waals surface area contributed by atoms with E-state index in [0.717, 1.165) is 0 Å². The summed E-state index contributed by atoms with van der Waals surface area (Å²) >= 11 is 0. The maximum Gasteiger partial charge on any atom is 0.273 e. The van der Waals surface area contributed by atoms with Gasteiger partial charge in [-0.15, -0.1) is 0 Å². The molecule has 0 aliphatic heterocycles. The van der Waals surface area contributed by atoms with Gasteiger partial charge in [0.25, 0.3) is 5.91 Å². The summed E-state index contributed by atoms with van der Waals surface area (Å²) in [5, 5.41) is 6.86. The zero-order chi connectivity index (χ0) is 13.0. The van der Waals surface area contributed by atoms with Crippen molar-refractivity contribution in [3.8, 4) is 0 Å². The Labute approximate surface area is 104 Å². The van der Waals surface area contributed by atoms with Crippen LogP contribution in [0.2, 0.25) is 0 Å². The Morgan fingerprint density at radius 2 is 2.22 bits per heavy atom. The third kappa shape index (κ3) is 2.82. The normalized spacial score (nSPS) is 12.1. The molecule has 0 aliphatic rings. The molecule has 2 rings (SSSR count). The fraction of sp³-hybridized carbons (Fsp3) is 0.273. The van der Waals surface area contributed by atoms with E-state index in [-0.39, 0.29) is 23.5 Å².